The molecule has 4 rings (SSSR count). The molecule has 0 radical (unpaired) electrons. The summed E-state index contributed by atoms with van der Waals surface area (Å²) in [5.41, 5.74) is 5.64. The van der Waals surface area contributed by atoms with Gasteiger partial charge in [-0.3, -0.25) is 4.98 Å². The van der Waals surface area contributed by atoms with Gasteiger partial charge in [-0.25, -0.2) is 4.79 Å². The number of aryl methyl sites for hydroxylation is 1. The molecule has 1 N–H and O–H groups in total. The molecule has 168 valence electrons. The molecule has 0 unspecified atom stereocenters. The summed E-state index contributed by atoms with van der Waals surface area (Å²) in [7, 11) is 0. The second-order valence-corrected chi connectivity index (χ2v) is 8.57. The molecule has 2 aromatic rings. The zero-order valence-electron chi connectivity index (χ0n) is 19.3. The molecule has 0 amide bonds. The lowest BCUT2D eigenvalue weighted by Gasteiger charge is -2.32. The maximum Gasteiger partial charge on any atom is 0.338 e. The number of benzene rings is 1. The highest BCUT2D eigenvalue weighted by Gasteiger charge is 2.30. The fourth-order valence-electron chi connectivity index (χ4n) is 4.14. The Morgan fingerprint density at radius 3 is 2.79 bits per heavy atom. The van der Waals surface area contributed by atoms with E-state index in [1.54, 1.807) is 6.08 Å². The zero-order valence-corrected chi connectivity index (χ0v) is 19.3. The lowest BCUT2D eigenvalue weighted by atomic mass is 9.82. The molecule has 0 bridgehead atoms. The Bertz CT molecular complexity index is 1280. The second kappa shape index (κ2) is 9.86. The summed E-state index contributed by atoms with van der Waals surface area (Å²) in [4.78, 5) is 17.4. The smallest absolute Gasteiger partial charge is 0.338 e. The van der Waals surface area contributed by atoms with E-state index in [4.69, 9.17) is 9.72 Å². The number of pyridine rings is 1. The van der Waals surface area contributed by atoms with Crippen LogP contribution in [0.4, 0.5) is 0 Å². The predicted molar refractivity (Wildman–Crippen MR) is 135 cm³/mol. The third kappa shape index (κ3) is 5.06. The van der Waals surface area contributed by atoms with Crippen molar-refractivity contribution in [2.45, 2.75) is 39.2 Å². The predicted octanol–water partition coefficient (Wildman–Crippen LogP) is 4.41. The van der Waals surface area contributed by atoms with E-state index in [2.05, 4.69) is 36.7 Å². The molecular weight excluding hydrogens is 408 g/mol. The quantitative estimate of drug-likeness (QED) is 0.412. The molecular formula is C29H30N2O2. The van der Waals surface area contributed by atoms with Crippen LogP contribution in [-0.4, -0.2) is 17.1 Å². The van der Waals surface area contributed by atoms with Crippen LogP contribution in [0.5, 0.6) is 0 Å². The lowest BCUT2D eigenvalue weighted by molar-refractivity contribution is -0.149. The van der Waals surface area contributed by atoms with Gasteiger partial charge in [0.1, 0.15) is 6.10 Å². The first kappa shape index (κ1) is 22.5. The van der Waals surface area contributed by atoms with Gasteiger partial charge >= 0.3 is 5.97 Å². The van der Waals surface area contributed by atoms with Crippen LogP contribution >= 0.6 is 0 Å². The Hall–Kier alpha value is -3.66. The number of hydrogen-bond acceptors (Lipinski definition) is 4. The molecule has 1 aromatic carbocycles. The molecule has 0 spiro atoms. The lowest BCUT2D eigenvalue weighted by Crippen LogP contribution is -2.33. The Morgan fingerprint density at radius 2 is 2.06 bits per heavy atom. The van der Waals surface area contributed by atoms with Crippen LogP contribution in [0.1, 0.15) is 43.1 Å². The number of nitrogens with one attached hydrogen (secondary N) is 1. The van der Waals surface area contributed by atoms with Gasteiger partial charge in [-0.15, -0.1) is 6.58 Å². The molecule has 1 aromatic heterocycles. The highest BCUT2D eigenvalue weighted by Crippen LogP contribution is 2.31. The molecule has 2 heterocycles. The SMILES string of the molecule is C=C[C@H]1C[C@H](OC(=O)C(/C=c2/cc(C3=C(c4cccc(C)n4)NC=CC3)ccc2=C)=C/C)C1. The molecule has 1 saturated carbocycles. The van der Waals surface area contributed by atoms with Gasteiger partial charge in [0.2, 0.25) is 0 Å². The highest BCUT2D eigenvalue weighted by molar-refractivity contribution is 5.97. The van der Waals surface area contributed by atoms with Crippen molar-refractivity contribution in [1.82, 2.24) is 10.3 Å². The van der Waals surface area contributed by atoms with E-state index in [0.29, 0.717) is 11.5 Å². The van der Waals surface area contributed by atoms with E-state index in [0.717, 1.165) is 57.9 Å². The van der Waals surface area contributed by atoms with E-state index < -0.39 is 0 Å². The average molecular weight is 439 g/mol. The fourth-order valence-corrected chi connectivity index (χ4v) is 4.14. The van der Waals surface area contributed by atoms with Crippen LogP contribution in [-0.2, 0) is 9.53 Å². The van der Waals surface area contributed by atoms with Crippen LogP contribution in [0.15, 0.2) is 73.0 Å². The standard InChI is InChI=1S/C29H30N2O2/c1-5-21-15-25(16-21)33-29(32)22(6-2)17-24-18-23(13-12-19(24)3)26-10-8-14-30-28(26)27-11-7-9-20(4)31-27/h5-9,11-14,17-18,21,25,30H,1,3,10,15-16H2,2,4H3/b22-6+,24-17-/t21-,25-. The van der Waals surface area contributed by atoms with Crippen molar-refractivity contribution in [3.05, 3.63) is 100 Å². The summed E-state index contributed by atoms with van der Waals surface area (Å²) in [5, 5.41) is 5.13. The van der Waals surface area contributed by atoms with Gasteiger partial charge < -0.3 is 10.1 Å². The molecule has 1 aliphatic carbocycles. The number of dihydropyridines is 1. The number of aromatic nitrogens is 1. The number of carbonyl (C=O) groups is 1. The topological polar surface area (TPSA) is 51.2 Å². The number of rotatable bonds is 6. The summed E-state index contributed by atoms with van der Waals surface area (Å²) in [6, 6.07) is 12.2. The number of esters is 1. The molecule has 4 nitrogen and oxygen atoms in total. The minimum Gasteiger partial charge on any atom is -0.459 e. The van der Waals surface area contributed by atoms with Gasteiger partial charge in [0, 0.05) is 5.69 Å². The van der Waals surface area contributed by atoms with Crippen molar-refractivity contribution in [2.75, 3.05) is 0 Å². The van der Waals surface area contributed by atoms with Gasteiger partial charge in [0.25, 0.3) is 0 Å². The Labute approximate surface area is 195 Å². The Morgan fingerprint density at radius 1 is 1.24 bits per heavy atom. The van der Waals surface area contributed by atoms with Gasteiger partial charge in [-0.05, 0) is 91.1 Å². The number of carbonyl (C=O) groups excluding carboxylic acids is 1. The molecule has 1 fully saturated rings. The van der Waals surface area contributed by atoms with Crippen LogP contribution < -0.4 is 15.8 Å². The molecule has 4 heteroatoms. The molecule has 2 aliphatic rings. The van der Waals surface area contributed by atoms with E-state index >= 15 is 0 Å². The molecule has 0 atom stereocenters. The number of nitrogens with zero attached hydrogens (tertiary/aromatic N) is 1. The zero-order chi connectivity index (χ0) is 23.4. The Balaban J connectivity index is 1.67. The van der Waals surface area contributed by atoms with E-state index in [9.17, 15) is 4.79 Å². The summed E-state index contributed by atoms with van der Waals surface area (Å²) in [5.74, 6) is 0.161. The first-order valence-corrected chi connectivity index (χ1v) is 11.4. The van der Waals surface area contributed by atoms with Crippen molar-refractivity contribution in [1.29, 1.82) is 0 Å². The van der Waals surface area contributed by atoms with Crippen molar-refractivity contribution in [3.63, 3.8) is 0 Å². The largest absolute Gasteiger partial charge is 0.459 e. The summed E-state index contributed by atoms with van der Waals surface area (Å²) in [6.45, 7) is 11.8. The van der Waals surface area contributed by atoms with Crippen LogP contribution in [0, 0.1) is 12.8 Å². The minimum absolute atomic E-state index is 0.0240. The monoisotopic (exact) mass is 438 g/mol. The van der Waals surface area contributed by atoms with Crippen LogP contribution in [0.2, 0.25) is 0 Å². The van der Waals surface area contributed by atoms with Crippen molar-refractivity contribution in [3.8, 4) is 0 Å². The van der Waals surface area contributed by atoms with Crippen molar-refractivity contribution in [2.24, 2.45) is 5.92 Å². The van der Waals surface area contributed by atoms with Crippen LogP contribution in [0.3, 0.4) is 0 Å². The number of hydrogen-bond donors (Lipinski definition) is 1. The number of ether oxygens (including phenoxy) is 1. The average Bonchev–Trinajstić information content (AvgIpc) is 2.80. The van der Waals surface area contributed by atoms with Gasteiger partial charge in [-0.2, -0.15) is 0 Å². The third-order valence-electron chi connectivity index (χ3n) is 6.20. The minimum atomic E-state index is -0.291. The fraction of sp³-hybridized carbons (Fsp3) is 0.241. The normalized spacial score (nSPS) is 20.8. The first-order valence-electron chi connectivity index (χ1n) is 11.4. The Kier molecular flexibility index (Phi) is 6.74. The summed E-state index contributed by atoms with van der Waals surface area (Å²) >= 11 is 0. The summed E-state index contributed by atoms with van der Waals surface area (Å²) in [6.07, 6.45) is 12.1. The molecule has 1 aliphatic heterocycles. The van der Waals surface area contributed by atoms with Crippen molar-refractivity contribution < 1.29 is 9.53 Å². The summed E-state index contributed by atoms with van der Waals surface area (Å²) < 4.78 is 5.67. The van der Waals surface area contributed by atoms with Gasteiger partial charge in [0.15, 0.2) is 0 Å². The van der Waals surface area contributed by atoms with Gasteiger partial charge in [0.05, 0.1) is 17.0 Å². The third-order valence-corrected chi connectivity index (χ3v) is 6.20. The second-order valence-electron chi connectivity index (χ2n) is 8.57. The van der Waals surface area contributed by atoms with E-state index in [-0.39, 0.29) is 12.1 Å². The molecule has 0 saturated heterocycles. The van der Waals surface area contributed by atoms with E-state index in [1.807, 2.05) is 56.5 Å². The van der Waals surface area contributed by atoms with Gasteiger partial charge in [-0.1, -0.05) is 43.0 Å². The van der Waals surface area contributed by atoms with Crippen molar-refractivity contribution >= 4 is 29.9 Å². The maximum absolute atomic E-state index is 12.7. The molecule has 33 heavy (non-hydrogen) atoms. The number of allylic oxidation sites excluding steroid dienone is 4. The first-order chi connectivity index (χ1) is 16.0. The van der Waals surface area contributed by atoms with Crippen LogP contribution in [0.25, 0.3) is 23.9 Å². The van der Waals surface area contributed by atoms with E-state index in [1.165, 1.54) is 0 Å². The highest BCUT2D eigenvalue weighted by atomic mass is 16.5. The maximum atomic E-state index is 12.7.